The molecule has 0 aliphatic heterocycles. The van der Waals surface area contributed by atoms with Gasteiger partial charge in [-0.2, -0.15) is 0 Å². The van der Waals surface area contributed by atoms with Gasteiger partial charge in [-0.25, -0.2) is 15.0 Å². The minimum absolute atomic E-state index is 0.296. The Labute approximate surface area is 143 Å². The van der Waals surface area contributed by atoms with Crippen molar-refractivity contribution in [2.75, 3.05) is 12.4 Å². The maximum absolute atomic E-state index is 12.3. The number of thiazole rings is 1. The van der Waals surface area contributed by atoms with E-state index >= 15 is 0 Å². The summed E-state index contributed by atoms with van der Waals surface area (Å²) >= 11 is 1.43. The van der Waals surface area contributed by atoms with Crippen molar-refractivity contribution in [1.82, 2.24) is 15.0 Å². The predicted octanol–water partition coefficient (Wildman–Crippen LogP) is 3.48. The van der Waals surface area contributed by atoms with Crippen LogP contribution in [0.25, 0.3) is 11.3 Å². The van der Waals surface area contributed by atoms with E-state index in [1.54, 1.807) is 26.3 Å². The van der Waals surface area contributed by atoms with Crippen LogP contribution in [0.4, 0.5) is 5.13 Å². The van der Waals surface area contributed by atoms with Crippen LogP contribution in [-0.4, -0.2) is 28.0 Å². The van der Waals surface area contributed by atoms with Gasteiger partial charge in [0.1, 0.15) is 17.3 Å². The first-order chi connectivity index (χ1) is 11.6. The molecular formula is C17H16N4O2S. The van der Waals surface area contributed by atoms with Crippen LogP contribution in [-0.2, 0) is 0 Å². The average Bonchev–Trinajstić information content (AvgIpc) is 2.95. The number of carbonyl (C=O) groups is 1. The average molecular weight is 340 g/mol. The summed E-state index contributed by atoms with van der Waals surface area (Å²) in [5.74, 6) is 1.05. The molecule has 6 nitrogen and oxygen atoms in total. The Morgan fingerprint density at radius 2 is 1.88 bits per heavy atom. The molecular weight excluding hydrogens is 324 g/mol. The number of nitrogens with one attached hydrogen (secondary N) is 1. The zero-order chi connectivity index (χ0) is 17.1. The second-order valence-corrected chi connectivity index (χ2v) is 6.30. The van der Waals surface area contributed by atoms with E-state index in [2.05, 4.69) is 20.3 Å². The molecule has 7 heteroatoms. The van der Waals surface area contributed by atoms with Crippen LogP contribution in [0.1, 0.15) is 21.2 Å². The van der Waals surface area contributed by atoms with Crippen molar-refractivity contribution in [3.8, 4) is 17.0 Å². The first-order valence-corrected chi connectivity index (χ1v) is 8.11. The van der Waals surface area contributed by atoms with Crippen LogP contribution in [0, 0.1) is 13.8 Å². The van der Waals surface area contributed by atoms with Crippen LogP contribution in [0.3, 0.4) is 0 Å². The lowest BCUT2D eigenvalue weighted by Gasteiger charge is -2.02. The molecule has 1 aromatic carbocycles. The minimum atomic E-state index is -0.296. The summed E-state index contributed by atoms with van der Waals surface area (Å²) in [6.07, 6.45) is 1.56. The van der Waals surface area contributed by atoms with Gasteiger partial charge in [0, 0.05) is 16.6 Å². The lowest BCUT2D eigenvalue weighted by molar-refractivity contribution is 0.102. The van der Waals surface area contributed by atoms with Crippen molar-refractivity contribution in [2.45, 2.75) is 13.8 Å². The van der Waals surface area contributed by atoms with Crippen molar-refractivity contribution in [3.63, 3.8) is 0 Å². The Bertz CT molecular complexity index is 875. The van der Waals surface area contributed by atoms with Crippen LogP contribution in [0.2, 0.25) is 0 Å². The standard InChI is InChI=1S/C17H16N4O2S/c1-10-15(12-4-6-13(23-3)7-5-12)20-17(24-10)21-16(22)14-8-9-18-11(2)19-14/h4-9H,1-3H3,(H,20,21,22). The van der Waals surface area contributed by atoms with Crippen molar-refractivity contribution in [3.05, 3.63) is 52.9 Å². The third kappa shape index (κ3) is 3.41. The Hall–Kier alpha value is -2.80. The van der Waals surface area contributed by atoms with Crippen molar-refractivity contribution in [1.29, 1.82) is 0 Å². The zero-order valence-electron chi connectivity index (χ0n) is 13.5. The summed E-state index contributed by atoms with van der Waals surface area (Å²) < 4.78 is 5.16. The molecule has 0 aliphatic rings. The van der Waals surface area contributed by atoms with Crippen molar-refractivity contribution < 1.29 is 9.53 Å². The Balaban J connectivity index is 1.82. The molecule has 0 spiro atoms. The maximum Gasteiger partial charge on any atom is 0.276 e. The lowest BCUT2D eigenvalue weighted by atomic mass is 10.1. The largest absolute Gasteiger partial charge is 0.497 e. The maximum atomic E-state index is 12.3. The highest BCUT2D eigenvalue weighted by Crippen LogP contribution is 2.31. The smallest absolute Gasteiger partial charge is 0.276 e. The number of nitrogens with zero attached hydrogens (tertiary/aromatic N) is 3. The highest BCUT2D eigenvalue weighted by Gasteiger charge is 2.14. The molecule has 1 N–H and O–H groups in total. The molecule has 2 heterocycles. The molecule has 0 atom stereocenters. The highest BCUT2D eigenvalue weighted by molar-refractivity contribution is 7.16. The van der Waals surface area contributed by atoms with Gasteiger partial charge in [-0.15, -0.1) is 11.3 Å². The fourth-order valence-electron chi connectivity index (χ4n) is 2.21. The van der Waals surface area contributed by atoms with Gasteiger partial charge in [-0.05, 0) is 44.2 Å². The van der Waals surface area contributed by atoms with E-state index in [9.17, 15) is 4.79 Å². The number of ether oxygens (including phenoxy) is 1. The molecule has 0 radical (unpaired) electrons. The molecule has 0 unspecified atom stereocenters. The molecule has 0 fully saturated rings. The number of aromatic nitrogens is 3. The molecule has 0 bridgehead atoms. The van der Waals surface area contributed by atoms with Crippen LogP contribution in [0.5, 0.6) is 5.75 Å². The monoisotopic (exact) mass is 340 g/mol. The van der Waals surface area contributed by atoms with E-state index < -0.39 is 0 Å². The molecule has 3 rings (SSSR count). The van der Waals surface area contributed by atoms with Crippen LogP contribution < -0.4 is 10.1 Å². The molecule has 0 aliphatic carbocycles. The van der Waals surface area contributed by atoms with Gasteiger partial charge >= 0.3 is 0 Å². The van der Waals surface area contributed by atoms with Gasteiger partial charge in [0.15, 0.2) is 5.13 Å². The first kappa shape index (κ1) is 16.1. The summed E-state index contributed by atoms with van der Waals surface area (Å²) in [6.45, 7) is 3.72. The van der Waals surface area contributed by atoms with Crippen LogP contribution in [0.15, 0.2) is 36.5 Å². The topological polar surface area (TPSA) is 77.0 Å². The van der Waals surface area contributed by atoms with Gasteiger partial charge in [-0.1, -0.05) is 0 Å². The van der Waals surface area contributed by atoms with Gasteiger partial charge in [-0.3, -0.25) is 10.1 Å². The Kier molecular flexibility index (Phi) is 4.52. The van der Waals surface area contributed by atoms with Crippen molar-refractivity contribution in [2.24, 2.45) is 0 Å². The van der Waals surface area contributed by atoms with E-state index in [0.29, 0.717) is 16.6 Å². The number of hydrogen-bond acceptors (Lipinski definition) is 6. The first-order valence-electron chi connectivity index (χ1n) is 7.29. The zero-order valence-corrected chi connectivity index (χ0v) is 14.3. The van der Waals surface area contributed by atoms with Gasteiger partial charge < -0.3 is 4.74 Å². The Morgan fingerprint density at radius 3 is 2.54 bits per heavy atom. The lowest BCUT2D eigenvalue weighted by Crippen LogP contribution is -2.14. The Morgan fingerprint density at radius 1 is 1.12 bits per heavy atom. The molecule has 2 aromatic heterocycles. The summed E-state index contributed by atoms with van der Waals surface area (Å²) in [5, 5.41) is 3.33. The van der Waals surface area contributed by atoms with Crippen LogP contribution >= 0.6 is 11.3 Å². The molecule has 1 amide bonds. The molecule has 0 saturated carbocycles. The number of carbonyl (C=O) groups excluding carboxylic acids is 1. The fourth-order valence-corrected chi connectivity index (χ4v) is 3.04. The SMILES string of the molecule is COc1ccc(-c2nc(NC(=O)c3ccnc(C)n3)sc2C)cc1. The normalized spacial score (nSPS) is 10.5. The minimum Gasteiger partial charge on any atom is -0.497 e. The number of hydrogen-bond donors (Lipinski definition) is 1. The van der Waals surface area contributed by atoms with E-state index in [-0.39, 0.29) is 5.91 Å². The molecule has 0 saturated heterocycles. The molecule has 24 heavy (non-hydrogen) atoms. The third-order valence-electron chi connectivity index (χ3n) is 3.39. The third-order valence-corrected chi connectivity index (χ3v) is 4.28. The van der Waals surface area contributed by atoms with E-state index in [4.69, 9.17) is 4.74 Å². The number of methoxy groups -OCH3 is 1. The van der Waals surface area contributed by atoms with Crippen molar-refractivity contribution >= 4 is 22.4 Å². The fraction of sp³-hybridized carbons (Fsp3) is 0.176. The van der Waals surface area contributed by atoms with Gasteiger partial charge in [0.2, 0.25) is 0 Å². The number of amides is 1. The number of benzene rings is 1. The second kappa shape index (κ2) is 6.76. The van der Waals surface area contributed by atoms with Gasteiger partial charge in [0.05, 0.1) is 12.8 Å². The predicted molar refractivity (Wildman–Crippen MR) is 93.6 cm³/mol. The number of anilines is 1. The number of rotatable bonds is 4. The van der Waals surface area contributed by atoms with E-state index in [1.807, 2.05) is 31.2 Å². The van der Waals surface area contributed by atoms with E-state index in [1.165, 1.54) is 11.3 Å². The molecule has 3 aromatic rings. The summed E-state index contributed by atoms with van der Waals surface area (Å²) in [7, 11) is 1.63. The number of aryl methyl sites for hydroxylation is 2. The second-order valence-electron chi connectivity index (χ2n) is 5.10. The molecule has 122 valence electrons. The van der Waals surface area contributed by atoms with Gasteiger partial charge in [0.25, 0.3) is 5.91 Å². The quantitative estimate of drug-likeness (QED) is 0.787. The highest BCUT2D eigenvalue weighted by atomic mass is 32.1. The summed E-state index contributed by atoms with van der Waals surface area (Å²) in [5.41, 5.74) is 2.14. The summed E-state index contributed by atoms with van der Waals surface area (Å²) in [6, 6.07) is 9.24. The summed E-state index contributed by atoms with van der Waals surface area (Å²) in [4.78, 5) is 25.9. The van der Waals surface area contributed by atoms with E-state index in [0.717, 1.165) is 21.9 Å².